The van der Waals surface area contributed by atoms with Crippen LogP contribution in [0.15, 0.2) is 24.3 Å². The SMILES string of the molecule is CN(CCOc1ccccc1F)C(=O)C12CC3CC(CC(Br)(C3)C1)C2. The van der Waals surface area contributed by atoms with Crippen LogP contribution >= 0.6 is 15.9 Å². The molecule has 25 heavy (non-hydrogen) atoms. The number of hydrogen-bond acceptors (Lipinski definition) is 2. The molecule has 0 heterocycles. The van der Waals surface area contributed by atoms with Crippen LogP contribution in [0.3, 0.4) is 0 Å². The van der Waals surface area contributed by atoms with Gasteiger partial charge in [-0.3, -0.25) is 4.79 Å². The average molecular weight is 410 g/mol. The lowest BCUT2D eigenvalue weighted by atomic mass is 9.49. The largest absolute Gasteiger partial charge is 0.489 e. The Morgan fingerprint density at radius 3 is 2.60 bits per heavy atom. The van der Waals surface area contributed by atoms with Gasteiger partial charge in [-0.05, 0) is 62.5 Å². The van der Waals surface area contributed by atoms with E-state index in [9.17, 15) is 9.18 Å². The molecule has 1 aromatic rings. The van der Waals surface area contributed by atoms with Gasteiger partial charge in [0.25, 0.3) is 0 Å². The Bertz CT molecular complexity index is 665. The number of carbonyl (C=O) groups excluding carboxylic acids is 1. The first-order valence-corrected chi connectivity index (χ1v) is 10.0. The smallest absolute Gasteiger partial charge is 0.228 e. The standard InChI is InChI=1S/C20H25BrFNO2/c1-23(6-7-25-17-5-3-2-4-16(17)22)18(24)19-9-14-8-15(10-19)12-20(21,11-14)13-19/h2-5,14-15H,6-13H2,1H3. The fourth-order valence-electron chi connectivity index (χ4n) is 5.76. The topological polar surface area (TPSA) is 29.5 Å². The molecular weight excluding hydrogens is 385 g/mol. The van der Waals surface area contributed by atoms with Crippen molar-refractivity contribution >= 4 is 21.8 Å². The maximum Gasteiger partial charge on any atom is 0.228 e. The summed E-state index contributed by atoms with van der Waals surface area (Å²) in [4.78, 5) is 15.0. The molecule has 4 aliphatic rings. The van der Waals surface area contributed by atoms with Gasteiger partial charge in [0.1, 0.15) is 6.61 Å². The summed E-state index contributed by atoms with van der Waals surface area (Å²) in [6, 6.07) is 6.39. The average Bonchev–Trinajstić information content (AvgIpc) is 2.53. The molecule has 4 fully saturated rings. The Morgan fingerprint density at radius 2 is 1.96 bits per heavy atom. The summed E-state index contributed by atoms with van der Waals surface area (Å²) >= 11 is 3.96. The van der Waals surface area contributed by atoms with Crippen LogP contribution in [0.5, 0.6) is 5.75 Å². The van der Waals surface area contributed by atoms with Crippen LogP contribution < -0.4 is 4.74 Å². The first-order valence-electron chi connectivity index (χ1n) is 9.21. The molecule has 0 aliphatic heterocycles. The Balaban J connectivity index is 1.38. The zero-order valence-electron chi connectivity index (χ0n) is 14.6. The molecular formula is C20H25BrFNO2. The van der Waals surface area contributed by atoms with E-state index in [1.54, 1.807) is 23.1 Å². The van der Waals surface area contributed by atoms with Gasteiger partial charge >= 0.3 is 0 Å². The summed E-state index contributed by atoms with van der Waals surface area (Å²) in [6.07, 6.45) is 6.77. The van der Waals surface area contributed by atoms with E-state index in [-0.39, 0.29) is 27.2 Å². The Hall–Kier alpha value is -1.10. The maximum atomic E-state index is 13.6. The third kappa shape index (κ3) is 3.20. The van der Waals surface area contributed by atoms with E-state index in [0.29, 0.717) is 25.0 Å². The number of para-hydroxylation sites is 1. The van der Waals surface area contributed by atoms with Crippen LogP contribution in [0.25, 0.3) is 0 Å². The predicted molar refractivity (Wildman–Crippen MR) is 98.3 cm³/mol. The number of likely N-dealkylation sites (N-methyl/N-ethyl adjacent to an activating group) is 1. The van der Waals surface area contributed by atoms with E-state index in [0.717, 1.165) is 19.3 Å². The second-order valence-corrected chi connectivity index (χ2v) is 10.1. The molecule has 5 heteroatoms. The van der Waals surface area contributed by atoms with Gasteiger partial charge in [0.2, 0.25) is 5.91 Å². The maximum absolute atomic E-state index is 13.6. The summed E-state index contributed by atoms with van der Waals surface area (Å²) in [5, 5.41) is 0. The van der Waals surface area contributed by atoms with Gasteiger partial charge in [-0.15, -0.1) is 0 Å². The molecule has 0 spiro atoms. The van der Waals surface area contributed by atoms with E-state index in [1.807, 2.05) is 7.05 Å². The minimum Gasteiger partial charge on any atom is -0.489 e. The van der Waals surface area contributed by atoms with Crippen LogP contribution in [0, 0.1) is 23.1 Å². The number of carbonyl (C=O) groups is 1. The van der Waals surface area contributed by atoms with Crippen molar-refractivity contribution in [3.05, 3.63) is 30.1 Å². The zero-order chi connectivity index (χ0) is 17.7. The third-order valence-electron chi connectivity index (χ3n) is 6.31. The molecule has 2 unspecified atom stereocenters. The number of alkyl halides is 1. The number of ether oxygens (including phenoxy) is 1. The molecule has 4 bridgehead atoms. The van der Waals surface area contributed by atoms with Gasteiger partial charge in [-0.25, -0.2) is 4.39 Å². The lowest BCUT2D eigenvalue weighted by Gasteiger charge is -2.59. The molecule has 1 amide bonds. The van der Waals surface area contributed by atoms with Crippen molar-refractivity contribution in [1.29, 1.82) is 0 Å². The lowest BCUT2D eigenvalue weighted by molar-refractivity contribution is -0.154. The Kier molecular flexibility index (Phi) is 4.33. The molecule has 1 aromatic carbocycles. The van der Waals surface area contributed by atoms with Gasteiger partial charge in [-0.1, -0.05) is 28.1 Å². The highest BCUT2D eigenvalue weighted by atomic mass is 79.9. The van der Waals surface area contributed by atoms with Crippen LogP contribution in [0.1, 0.15) is 38.5 Å². The predicted octanol–water partition coefficient (Wildman–Crippen LogP) is 4.40. The van der Waals surface area contributed by atoms with Crippen molar-refractivity contribution in [3.63, 3.8) is 0 Å². The summed E-state index contributed by atoms with van der Waals surface area (Å²) in [5.74, 6) is 1.51. The zero-order valence-corrected chi connectivity index (χ0v) is 16.2. The lowest BCUT2D eigenvalue weighted by Crippen LogP contribution is -2.58. The van der Waals surface area contributed by atoms with Gasteiger partial charge in [-0.2, -0.15) is 0 Å². The number of hydrogen-bond donors (Lipinski definition) is 0. The summed E-state index contributed by atoms with van der Waals surface area (Å²) < 4.78 is 19.3. The Morgan fingerprint density at radius 1 is 1.28 bits per heavy atom. The molecule has 0 saturated heterocycles. The molecule has 0 N–H and O–H groups in total. The minimum atomic E-state index is -0.362. The van der Waals surface area contributed by atoms with Gasteiger partial charge in [0.15, 0.2) is 11.6 Å². The van der Waals surface area contributed by atoms with Crippen LogP contribution in [-0.4, -0.2) is 35.3 Å². The van der Waals surface area contributed by atoms with Crippen molar-refractivity contribution in [2.24, 2.45) is 17.3 Å². The van der Waals surface area contributed by atoms with Crippen LogP contribution in [0.4, 0.5) is 4.39 Å². The summed E-state index contributed by atoms with van der Waals surface area (Å²) in [6.45, 7) is 0.797. The number of nitrogens with zero attached hydrogens (tertiary/aromatic N) is 1. The second kappa shape index (κ2) is 6.26. The van der Waals surface area contributed by atoms with E-state index >= 15 is 0 Å². The monoisotopic (exact) mass is 409 g/mol. The van der Waals surface area contributed by atoms with Crippen LogP contribution in [-0.2, 0) is 4.79 Å². The van der Waals surface area contributed by atoms with Crippen molar-refractivity contribution in [1.82, 2.24) is 4.90 Å². The molecule has 3 nitrogen and oxygen atoms in total. The number of rotatable bonds is 5. The molecule has 5 rings (SSSR count). The summed E-state index contributed by atoms with van der Waals surface area (Å²) in [7, 11) is 1.85. The quantitative estimate of drug-likeness (QED) is 0.674. The van der Waals surface area contributed by atoms with E-state index in [1.165, 1.54) is 25.3 Å². The van der Waals surface area contributed by atoms with Crippen LogP contribution in [0.2, 0.25) is 0 Å². The highest BCUT2D eigenvalue weighted by molar-refractivity contribution is 9.10. The van der Waals surface area contributed by atoms with Gasteiger partial charge < -0.3 is 9.64 Å². The van der Waals surface area contributed by atoms with Crippen molar-refractivity contribution < 1.29 is 13.9 Å². The highest BCUT2D eigenvalue weighted by Crippen LogP contribution is 2.64. The molecule has 2 atom stereocenters. The van der Waals surface area contributed by atoms with Gasteiger partial charge in [0.05, 0.1) is 12.0 Å². The fraction of sp³-hybridized carbons (Fsp3) is 0.650. The fourth-order valence-corrected chi connectivity index (χ4v) is 7.21. The minimum absolute atomic E-state index is 0.178. The molecule has 0 aromatic heterocycles. The number of benzene rings is 1. The van der Waals surface area contributed by atoms with Crippen molar-refractivity contribution in [2.45, 2.75) is 42.8 Å². The second-order valence-electron chi connectivity index (χ2n) is 8.40. The number of amides is 1. The molecule has 4 aliphatic carbocycles. The van der Waals surface area contributed by atoms with Crippen molar-refractivity contribution in [3.8, 4) is 5.75 Å². The molecule has 136 valence electrons. The van der Waals surface area contributed by atoms with Gasteiger partial charge in [0, 0.05) is 11.4 Å². The summed E-state index contributed by atoms with van der Waals surface area (Å²) in [5.41, 5.74) is -0.194. The Labute approximate surface area is 157 Å². The van der Waals surface area contributed by atoms with E-state index in [2.05, 4.69) is 15.9 Å². The number of halogens is 2. The first kappa shape index (κ1) is 17.3. The molecule has 0 radical (unpaired) electrons. The van der Waals surface area contributed by atoms with Crippen molar-refractivity contribution in [2.75, 3.05) is 20.2 Å². The third-order valence-corrected chi connectivity index (χ3v) is 7.24. The molecule has 4 saturated carbocycles. The highest BCUT2D eigenvalue weighted by Gasteiger charge is 2.60. The van der Waals surface area contributed by atoms with E-state index < -0.39 is 0 Å². The van der Waals surface area contributed by atoms with E-state index in [4.69, 9.17) is 4.74 Å². The first-order chi connectivity index (χ1) is 11.9. The normalized spacial score (nSPS) is 35.6.